The number of unbranched alkanes of at least 4 members (excludes halogenated alkanes) is 6. The molecule has 1 atom stereocenters. The second kappa shape index (κ2) is 12.9. The Balaban J connectivity index is 1.01. The molecule has 5 rings (SSSR count). The van der Waals surface area contributed by atoms with E-state index in [9.17, 15) is 9.59 Å². The fourth-order valence-electron chi connectivity index (χ4n) is 6.17. The van der Waals surface area contributed by atoms with Crippen LogP contribution in [0, 0.1) is 6.92 Å². The molecule has 3 heterocycles. The van der Waals surface area contributed by atoms with Crippen LogP contribution in [0.25, 0.3) is 10.8 Å². The normalized spacial score (nSPS) is 19.3. The molecule has 0 radical (unpaired) electrons. The maximum absolute atomic E-state index is 13.1. The highest BCUT2D eigenvalue weighted by atomic mass is 16.5. The average Bonchev–Trinajstić information content (AvgIpc) is 3.37. The monoisotopic (exact) mass is 532 g/mol. The minimum absolute atomic E-state index is 0.106. The predicted molar refractivity (Wildman–Crippen MR) is 157 cm³/mol. The molecular weight excluding hydrogens is 488 g/mol. The Morgan fingerprint density at radius 3 is 2.41 bits per heavy atom. The van der Waals surface area contributed by atoms with E-state index in [0.717, 1.165) is 92.9 Å². The molecule has 7 nitrogen and oxygen atoms in total. The van der Waals surface area contributed by atoms with Crippen molar-refractivity contribution < 1.29 is 14.3 Å². The molecule has 7 heteroatoms. The Kier molecular flexibility index (Phi) is 9.17. The second-order valence-corrected chi connectivity index (χ2v) is 11.5. The molecule has 0 N–H and O–H groups in total. The van der Waals surface area contributed by atoms with Crippen LogP contribution in [-0.4, -0.2) is 84.6 Å². The summed E-state index contributed by atoms with van der Waals surface area (Å²) in [5.74, 6) is 1.24. The minimum Gasteiger partial charge on any atom is -0.493 e. The number of ether oxygens (including phenoxy) is 1. The van der Waals surface area contributed by atoms with E-state index in [-0.39, 0.29) is 17.9 Å². The van der Waals surface area contributed by atoms with Crippen molar-refractivity contribution in [3.63, 3.8) is 0 Å². The number of fused-ring (bicyclic) bond motifs is 3. The maximum atomic E-state index is 13.1. The number of piperazine rings is 1. The standard InChI is InChI=1S/C32H44N4O3/c1-24-19-26-20-29-30(33-23-28-11-10-13-36(28)32(29)38)21-27(26)22-31(24)39-18-9-7-5-3-4-6-8-12-34-14-16-35(17-15-34)25(2)37/h19-23,28H,3-18H2,1-2H3/t28-/m0/s1. The van der Waals surface area contributed by atoms with Crippen molar-refractivity contribution in [2.45, 2.75) is 77.7 Å². The Hall–Kier alpha value is -2.93. The number of carbonyl (C=O) groups excluding carboxylic acids is 2. The van der Waals surface area contributed by atoms with Gasteiger partial charge >= 0.3 is 0 Å². The summed E-state index contributed by atoms with van der Waals surface area (Å²) in [6.45, 7) is 10.3. The molecule has 2 amide bonds. The highest BCUT2D eigenvalue weighted by molar-refractivity contribution is 6.06. The second-order valence-electron chi connectivity index (χ2n) is 11.5. The predicted octanol–water partition coefficient (Wildman–Crippen LogP) is 5.74. The van der Waals surface area contributed by atoms with E-state index < -0.39 is 0 Å². The van der Waals surface area contributed by atoms with Gasteiger partial charge in [-0.3, -0.25) is 19.5 Å². The van der Waals surface area contributed by atoms with E-state index in [0.29, 0.717) is 5.56 Å². The lowest BCUT2D eigenvalue weighted by atomic mass is 10.0. The summed E-state index contributed by atoms with van der Waals surface area (Å²) >= 11 is 0. The van der Waals surface area contributed by atoms with Crippen molar-refractivity contribution >= 4 is 34.5 Å². The number of carbonyl (C=O) groups is 2. The topological polar surface area (TPSA) is 65.5 Å². The van der Waals surface area contributed by atoms with Gasteiger partial charge in [-0.05, 0) is 79.8 Å². The fraction of sp³-hybridized carbons (Fsp3) is 0.594. The first-order chi connectivity index (χ1) is 19.0. The fourth-order valence-corrected chi connectivity index (χ4v) is 6.17. The average molecular weight is 533 g/mol. The number of rotatable bonds is 11. The molecule has 0 unspecified atom stereocenters. The third kappa shape index (κ3) is 6.81. The van der Waals surface area contributed by atoms with Gasteiger partial charge in [0.1, 0.15) is 5.75 Å². The molecule has 2 saturated heterocycles. The van der Waals surface area contributed by atoms with E-state index in [1.807, 2.05) is 28.1 Å². The first-order valence-corrected chi connectivity index (χ1v) is 15.0. The Morgan fingerprint density at radius 1 is 0.923 bits per heavy atom. The van der Waals surface area contributed by atoms with Gasteiger partial charge in [-0.15, -0.1) is 0 Å². The van der Waals surface area contributed by atoms with Crippen molar-refractivity contribution in [2.24, 2.45) is 4.99 Å². The van der Waals surface area contributed by atoms with Crippen molar-refractivity contribution in [2.75, 3.05) is 45.9 Å². The number of amides is 2. The Bertz CT molecular complexity index is 1200. The first-order valence-electron chi connectivity index (χ1n) is 15.0. The first kappa shape index (κ1) is 27.6. The van der Waals surface area contributed by atoms with E-state index in [2.05, 4.69) is 24.0 Å². The summed E-state index contributed by atoms with van der Waals surface area (Å²) in [6.07, 6.45) is 12.7. The van der Waals surface area contributed by atoms with Crippen LogP contribution in [0.2, 0.25) is 0 Å². The third-order valence-electron chi connectivity index (χ3n) is 8.62. The van der Waals surface area contributed by atoms with E-state index in [1.165, 1.54) is 38.5 Å². The number of benzene rings is 2. The smallest absolute Gasteiger partial charge is 0.256 e. The summed E-state index contributed by atoms with van der Waals surface area (Å²) in [5, 5.41) is 2.14. The quantitative estimate of drug-likeness (QED) is 0.346. The van der Waals surface area contributed by atoms with Crippen LogP contribution in [0.5, 0.6) is 5.75 Å². The molecule has 39 heavy (non-hydrogen) atoms. The zero-order valence-electron chi connectivity index (χ0n) is 23.8. The lowest BCUT2D eigenvalue weighted by molar-refractivity contribution is -0.130. The van der Waals surface area contributed by atoms with Gasteiger partial charge in [0.05, 0.1) is 23.9 Å². The summed E-state index contributed by atoms with van der Waals surface area (Å²) < 4.78 is 6.19. The third-order valence-corrected chi connectivity index (χ3v) is 8.62. The van der Waals surface area contributed by atoms with Crippen LogP contribution in [0.3, 0.4) is 0 Å². The molecule has 0 aliphatic carbocycles. The number of hydrogen-bond acceptors (Lipinski definition) is 5. The SMILES string of the molecule is CC(=O)N1CCN(CCCCCCCCCOc2cc3cc4c(cc3cc2C)C(=O)N2CCC[C@H]2C=N4)CC1. The molecule has 0 saturated carbocycles. The van der Waals surface area contributed by atoms with Gasteiger partial charge in [0.25, 0.3) is 5.91 Å². The molecule has 2 aromatic carbocycles. The summed E-state index contributed by atoms with van der Waals surface area (Å²) in [4.78, 5) is 35.7. The molecule has 0 bridgehead atoms. The van der Waals surface area contributed by atoms with Gasteiger partial charge in [-0.25, -0.2) is 0 Å². The molecule has 2 aromatic rings. The van der Waals surface area contributed by atoms with Crippen LogP contribution in [0.4, 0.5) is 5.69 Å². The van der Waals surface area contributed by atoms with E-state index in [4.69, 9.17) is 9.73 Å². The van der Waals surface area contributed by atoms with E-state index >= 15 is 0 Å². The highest BCUT2D eigenvalue weighted by Gasteiger charge is 2.31. The summed E-state index contributed by atoms with van der Waals surface area (Å²) in [6, 6.07) is 8.43. The lowest BCUT2D eigenvalue weighted by Crippen LogP contribution is -2.48. The largest absolute Gasteiger partial charge is 0.493 e. The highest BCUT2D eigenvalue weighted by Crippen LogP contribution is 2.34. The van der Waals surface area contributed by atoms with Crippen LogP contribution < -0.4 is 4.74 Å². The van der Waals surface area contributed by atoms with Gasteiger partial charge in [-0.1, -0.05) is 32.1 Å². The van der Waals surface area contributed by atoms with Gasteiger partial charge in [0, 0.05) is 45.9 Å². The van der Waals surface area contributed by atoms with Crippen LogP contribution >= 0.6 is 0 Å². The van der Waals surface area contributed by atoms with Crippen LogP contribution in [-0.2, 0) is 4.79 Å². The number of aliphatic imine (C=N–C) groups is 1. The van der Waals surface area contributed by atoms with Crippen molar-refractivity contribution in [3.05, 3.63) is 35.4 Å². The maximum Gasteiger partial charge on any atom is 0.256 e. The van der Waals surface area contributed by atoms with Crippen molar-refractivity contribution in [3.8, 4) is 5.75 Å². The van der Waals surface area contributed by atoms with Crippen LogP contribution in [0.15, 0.2) is 29.3 Å². The van der Waals surface area contributed by atoms with Gasteiger partial charge in [0.15, 0.2) is 0 Å². The lowest BCUT2D eigenvalue weighted by Gasteiger charge is -2.34. The molecule has 3 aliphatic rings. The Morgan fingerprint density at radius 2 is 1.64 bits per heavy atom. The zero-order chi connectivity index (χ0) is 27.2. The Labute approximate surface area is 233 Å². The molecule has 210 valence electrons. The molecule has 3 aliphatic heterocycles. The van der Waals surface area contributed by atoms with Gasteiger partial charge in [-0.2, -0.15) is 0 Å². The van der Waals surface area contributed by atoms with Crippen molar-refractivity contribution in [1.82, 2.24) is 14.7 Å². The summed E-state index contributed by atoms with van der Waals surface area (Å²) in [7, 11) is 0. The van der Waals surface area contributed by atoms with Crippen molar-refractivity contribution in [1.29, 1.82) is 0 Å². The number of hydrogen-bond donors (Lipinski definition) is 0. The van der Waals surface area contributed by atoms with Gasteiger partial charge < -0.3 is 14.5 Å². The molecular formula is C32H44N4O3. The molecule has 0 spiro atoms. The summed E-state index contributed by atoms with van der Waals surface area (Å²) in [5.41, 5.74) is 2.59. The number of aryl methyl sites for hydroxylation is 1. The van der Waals surface area contributed by atoms with E-state index in [1.54, 1.807) is 6.92 Å². The zero-order valence-corrected chi connectivity index (χ0v) is 23.8. The number of nitrogens with zero attached hydrogens (tertiary/aromatic N) is 4. The van der Waals surface area contributed by atoms with Crippen LogP contribution in [0.1, 0.15) is 80.6 Å². The molecule has 0 aromatic heterocycles. The van der Waals surface area contributed by atoms with Gasteiger partial charge in [0.2, 0.25) is 5.91 Å². The molecule has 2 fully saturated rings. The minimum atomic E-state index is 0.106.